The maximum atomic E-state index is 13.3. The second kappa shape index (κ2) is 10.2. The quantitative estimate of drug-likeness (QED) is 0.285. The van der Waals surface area contributed by atoms with Crippen LogP contribution in [-0.2, 0) is 35.5 Å². The van der Waals surface area contributed by atoms with E-state index in [0.717, 1.165) is 28.8 Å². The highest BCUT2D eigenvalue weighted by Crippen LogP contribution is 2.32. The predicted octanol–water partition coefficient (Wildman–Crippen LogP) is 6.24. The number of alkyl halides is 3. The lowest BCUT2D eigenvalue weighted by atomic mass is 9.93. The number of sulfonamides is 1. The van der Waals surface area contributed by atoms with Crippen molar-refractivity contribution in [2.45, 2.75) is 36.4 Å². The summed E-state index contributed by atoms with van der Waals surface area (Å²) in [5, 5.41) is 0. The van der Waals surface area contributed by atoms with Crippen LogP contribution < -0.4 is 4.72 Å². The summed E-state index contributed by atoms with van der Waals surface area (Å²) in [4.78, 5) is 13.5. The molecule has 0 radical (unpaired) electrons. The zero-order chi connectivity index (χ0) is 26.9. The maximum absolute atomic E-state index is 13.3. The molecule has 0 aromatic heterocycles. The van der Waals surface area contributed by atoms with E-state index in [1.807, 2.05) is 18.2 Å². The number of halogens is 3. The molecular weight excluding hydrogens is 511 g/mol. The van der Waals surface area contributed by atoms with Crippen LogP contribution in [-0.4, -0.2) is 20.2 Å². The standard InChI is InChI=1S/C30H24F3NO3S/c31-30(32,33)24-14-12-21(13-15-24)27-8-4-5-9-28(27)29(35)17-20-10-11-22-18-25(19-23(22)16-20)34-38(36,37)26-6-2-1-3-7-26/h1-16,25,34H,17-19H2. The zero-order valence-electron chi connectivity index (χ0n) is 20.2. The van der Waals surface area contributed by atoms with Crippen molar-refractivity contribution < 1.29 is 26.4 Å². The van der Waals surface area contributed by atoms with Gasteiger partial charge in [0.15, 0.2) is 5.78 Å². The number of hydrogen-bond donors (Lipinski definition) is 1. The summed E-state index contributed by atoms with van der Waals surface area (Å²) in [6.07, 6.45) is -3.23. The van der Waals surface area contributed by atoms with Gasteiger partial charge in [-0.15, -0.1) is 0 Å². The predicted molar refractivity (Wildman–Crippen MR) is 139 cm³/mol. The van der Waals surface area contributed by atoms with Crippen molar-refractivity contribution in [1.29, 1.82) is 0 Å². The molecule has 0 saturated carbocycles. The van der Waals surface area contributed by atoms with Crippen molar-refractivity contribution in [2.75, 3.05) is 0 Å². The Labute approximate surface area is 219 Å². The van der Waals surface area contributed by atoms with Gasteiger partial charge in [0.2, 0.25) is 10.0 Å². The summed E-state index contributed by atoms with van der Waals surface area (Å²) in [5.41, 5.74) is 3.61. The fourth-order valence-electron chi connectivity index (χ4n) is 4.85. The summed E-state index contributed by atoms with van der Waals surface area (Å²) < 4.78 is 67.1. The molecule has 1 aliphatic carbocycles. The maximum Gasteiger partial charge on any atom is 0.416 e. The minimum atomic E-state index is -4.43. The molecule has 4 aromatic carbocycles. The van der Waals surface area contributed by atoms with Crippen LogP contribution in [0.2, 0.25) is 0 Å². The van der Waals surface area contributed by atoms with Crippen molar-refractivity contribution in [3.05, 3.63) is 125 Å². The third-order valence-corrected chi connectivity index (χ3v) is 8.23. The Balaban J connectivity index is 1.31. The average molecular weight is 536 g/mol. The summed E-state index contributed by atoms with van der Waals surface area (Å²) in [7, 11) is -3.64. The van der Waals surface area contributed by atoms with Gasteiger partial charge in [-0.1, -0.05) is 72.8 Å². The number of nitrogens with one attached hydrogen (secondary N) is 1. The molecule has 194 valence electrons. The summed E-state index contributed by atoms with van der Waals surface area (Å²) in [5.74, 6) is -0.153. The number of carbonyl (C=O) groups is 1. The molecule has 1 unspecified atom stereocenters. The molecule has 0 heterocycles. The third kappa shape index (κ3) is 5.56. The molecule has 0 spiro atoms. The largest absolute Gasteiger partial charge is 0.416 e. The molecule has 0 fully saturated rings. The lowest BCUT2D eigenvalue weighted by Crippen LogP contribution is -2.35. The van der Waals surface area contributed by atoms with Crippen LogP contribution in [0.15, 0.2) is 102 Å². The van der Waals surface area contributed by atoms with E-state index in [-0.39, 0.29) is 23.1 Å². The lowest BCUT2D eigenvalue weighted by Gasteiger charge is -2.12. The molecule has 0 amide bonds. The fourth-order valence-corrected chi connectivity index (χ4v) is 6.11. The molecule has 0 bridgehead atoms. The Kier molecular flexibility index (Phi) is 6.94. The van der Waals surface area contributed by atoms with Gasteiger partial charge >= 0.3 is 6.18 Å². The number of ketones is 1. The molecule has 5 rings (SSSR count). The highest BCUT2D eigenvalue weighted by atomic mass is 32.2. The van der Waals surface area contributed by atoms with Gasteiger partial charge in [0.25, 0.3) is 0 Å². The van der Waals surface area contributed by atoms with Crippen molar-refractivity contribution >= 4 is 15.8 Å². The first-order valence-electron chi connectivity index (χ1n) is 12.1. The fraction of sp³-hybridized carbons (Fsp3) is 0.167. The Hall–Kier alpha value is -3.75. The third-order valence-electron chi connectivity index (χ3n) is 6.69. The molecule has 1 atom stereocenters. The van der Waals surface area contributed by atoms with Crippen LogP contribution in [0.1, 0.15) is 32.6 Å². The number of hydrogen-bond acceptors (Lipinski definition) is 3. The number of Topliss-reactive ketones (excluding diaryl/α,β-unsaturated/α-hetero) is 1. The van der Waals surface area contributed by atoms with E-state index in [0.29, 0.717) is 29.5 Å². The Morgan fingerprint density at radius 1 is 0.816 bits per heavy atom. The van der Waals surface area contributed by atoms with Crippen LogP contribution in [0.5, 0.6) is 0 Å². The van der Waals surface area contributed by atoms with Crippen molar-refractivity contribution in [3.63, 3.8) is 0 Å². The molecule has 38 heavy (non-hydrogen) atoms. The summed E-state index contributed by atoms with van der Waals surface area (Å²) >= 11 is 0. The van der Waals surface area contributed by atoms with Crippen LogP contribution in [0, 0.1) is 0 Å². The molecule has 0 aliphatic heterocycles. The average Bonchev–Trinajstić information content (AvgIpc) is 3.29. The SMILES string of the molecule is O=C(Cc1ccc2c(c1)CC(NS(=O)(=O)c1ccccc1)C2)c1ccccc1-c1ccc(C(F)(F)F)cc1. The minimum absolute atomic E-state index is 0.116. The number of carbonyl (C=O) groups excluding carboxylic acids is 1. The van der Waals surface area contributed by atoms with E-state index in [4.69, 9.17) is 0 Å². The molecule has 0 saturated heterocycles. The van der Waals surface area contributed by atoms with Crippen molar-refractivity contribution in [1.82, 2.24) is 4.72 Å². The molecule has 4 aromatic rings. The Morgan fingerprint density at radius 2 is 1.47 bits per heavy atom. The van der Waals surface area contributed by atoms with Crippen LogP contribution in [0.3, 0.4) is 0 Å². The number of rotatable bonds is 7. The van der Waals surface area contributed by atoms with Crippen LogP contribution in [0.25, 0.3) is 11.1 Å². The van der Waals surface area contributed by atoms with E-state index < -0.39 is 21.8 Å². The van der Waals surface area contributed by atoms with Gasteiger partial charge in [0.1, 0.15) is 0 Å². The van der Waals surface area contributed by atoms with Gasteiger partial charge < -0.3 is 0 Å². The second-order valence-corrected chi connectivity index (χ2v) is 11.1. The topological polar surface area (TPSA) is 63.2 Å². The molecule has 1 aliphatic rings. The second-order valence-electron chi connectivity index (χ2n) is 9.36. The van der Waals surface area contributed by atoms with Crippen LogP contribution in [0.4, 0.5) is 13.2 Å². The van der Waals surface area contributed by atoms with Gasteiger partial charge in [0.05, 0.1) is 10.5 Å². The first-order valence-corrected chi connectivity index (χ1v) is 13.6. The van der Waals surface area contributed by atoms with E-state index in [1.165, 1.54) is 12.1 Å². The summed E-state index contributed by atoms with van der Waals surface area (Å²) in [6, 6.07) is 25.3. The Morgan fingerprint density at radius 3 is 2.18 bits per heavy atom. The first kappa shape index (κ1) is 25.9. The Bertz CT molecular complexity index is 1580. The monoisotopic (exact) mass is 535 g/mol. The highest BCUT2D eigenvalue weighted by molar-refractivity contribution is 7.89. The van der Waals surface area contributed by atoms with Gasteiger partial charge in [-0.05, 0) is 64.9 Å². The minimum Gasteiger partial charge on any atom is -0.294 e. The number of fused-ring (bicyclic) bond motifs is 1. The van der Waals surface area contributed by atoms with Crippen LogP contribution >= 0.6 is 0 Å². The first-order chi connectivity index (χ1) is 18.1. The van der Waals surface area contributed by atoms with Gasteiger partial charge in [0, 0.05) is 18.0 Å². The van der Waals surface area contributed by atoms with E-state index in [1.54, 1.807) is 54.6 Å². The van der Waals surface area contributed by atoms with E-state index in [2.05, 4.69) is 4.72 Å². The van der Waals surface area contributed by atoms with Gasteiger partial charge in [-0.25, -0.2) is 13.1 Å². The molecule has 8 heteroatoms. The lowest BCUT2D eigenvalue weighted by molar-refractivity contribution is -0.137. The van der Waals surface area contributed by atoms with E-state index in [9.17, 15) is 26.4 Å². The van der Waals surface area contributed by atoms with Crippen molar-refractivity contribution in [3.8, 4) is 11.1 Å². The highest BCUT2D eigenvalue weighted by Gasteiger charge is 2.30. The summed E-state index contributed by atoms with van der Waals surface area (Å²) in [6.45, 7) is 0. The molecule has 4 nitrogen and oxygen atoms in total. The van der Waals surface area contributed by atoms with Crippen molar-refractivity contribution in [2.24, 2.45) is 0 Å². The zero-order valence-corrected chi connectivity index (χ0v) is 21.0. The van der Waals surface area contributed by atoms with Gasteiger partial charge in [-0.2, -0.15) is 13.2 Å². The van der Waals surface area contributed by atoms with Gasteiger partial charge in [-0.3, -0.25) is 4.79 Å². The normalized spacial score (nSPS) is 15.3. The van der Waals surface area contributed by atoms with E-state index >= 15 is 0 Å². The smallest absolute Gasteiger partial charge is 0.294 e. The molecular formula is C30H24F3NO3S. The number of benzene rings is 4. The molecule has 1 N–H and O–H groups in total.